The van der Waals surface area contributed by atoms with Crippen molar-refractivity contribution in [3.8, 4) is 11.1 Å². The van der Waals surface area contributed by atoms with Crippen LogP contribution in [0.25, 0.3) is 22.0 Å². The van der Waals surface area contributed by atoms with E-state index < -0.39 is 11.7 Å². The van der Waals surface area contributed by atoms with E-state index in [1.54, 1.807) is 24.1 Å². The molecule has 2 amide bonds. The molecule has 6 nitrogen and oxygen atoms in total. The fourth-order valence-corrected chi connectivity index (χ4v) is 3.17. The number of nitrogens with one attached hydrogen (secondary N) is 3. The van der Waals surface area contributed by atoms with Gasteiger partial charge in [-0.05, 0) is 35.4 Å². The molecule has 2 aromatic heterocycles. The Morgan fingerprint density at radius 1 is 1.13 bits per heavy atom. The molecule has 2 heterocycles. The van der Waals surface area contributed by atoms with Crippen molar-refractivity contribution in [2.24, 2.45) is 0 Å². The van der Waals surface area contributed by atoms with Crippen LogP contribution >= 0.6 is 0 Å². The molecular formula is C21H18F3N5O. The molecule has 0 aliphatic carbocycles. The van der Waals surface area contributed by atoms with E-state index in [0.717, 1.165) is 39.7 Å². The lowest BCUT2D eigenvalue weighted by Gasteiger charge is -2.07. The van der Waals surface area contributed by atoms with Gasteiger partial charge in [-0.3, -0.25) is 4.68 Å². The lowest BCUT2D eigenvalue weighted by Crippen LogP contribution is -2.24. The molecule has 0 bridgehead atoms. The van der Waals surface area contributed by atoms with E-state index in [0.29, 0.717) is 12.2 Å². The summed E-state index contributed by atoms with van der Waals surface area (Å²) in [5, 5.41) is 10.4. The molecule has 4 rings (SSSR count). The van der Waals surface area contributed by atoms with Gasteiger partial charge in [0.15, 0.2) is 0 Å². The largest absolute Gasteiger partial charge is 0.416 e. The second kappa shape index (κ2) is 7.58. The average molecular weight is 413 g/mol. The fourth-order valence-electron chi connectivity index (χ4n) is 3.17. The molecule has 0 spiro atoms. The molecule has 0 aliphatic heterocycles. The van der Waals surface area contributed by atoms with Crippen LogP contribution in [-0.4, -0.2) is 27.8 Å². The number of carbonyl (C=O) groups is 1. The van der Waals surface area contributed by atoms with Crippen molar-refractivity contribution in [3.63, 3.8) is 0 Å². The minimum absolute atomic E-state index is 0.314. The highest BCUT2D eigenvalue weighted by atomic mass is 19.4. The number of carbonyl (C=O) groups excluding carboxylic acids is 1. The third-order valence-electron chi connectivity index (χ3n) is 4.75. The summed E-state index contributed by atoms with van der Waals surface area (Å²) < 4.78 is 39.8. The van der Waals surface area contributed by atoms with Crippen LogP contribution in [0.3, 0.4) is 0 Å². The molecule has 0 fully saturated rings. The van der Waals surface area contributed by atoms with Crippen LogP contribution in [0.5, 0.6) is 0 Å². The van der Waals surface area contributed by atoms with Gasteiger partial charge < -0.3 is 15.6 Å². The van der Waals surface area contributed by atoms with E-state index in [4.69, 9.17) is 0 Å². The Kier molecular flexibility index (Phi) is 4.94. The quantitative estimate of drug-likeness (QED) is 0.447. The Hall–Kier alpha value is -3.75. The van der Waals surface area contributed by atoms with Crippen LogP contribution in [-0.2, 0) is 12.7 Å². The minimum atomic E-state index is -4.35. The summed E-state index contributed by atoms with van der Waals surface area (Å²) in [5.74, 6) is 0. The first-order valence-electron chi connectivity index (χ1n) is 9.12. The lowest BCUT2D eigenvalue weighted by molar-refractivity contribution is -0.137. The number of urea groups is 1. The zero-order valence-electron chi connectivity index (χ0n) is 15.9. The Bertz CT molecular complexity index is 1190. The summed E-state index contributed by atoms with van der Waals surface area (Å²) in [7, 11) is 1.54. The van der Waals surface area contributed by atoms with Gasteiger partial charge in [0.1, 0.15) is 0 Å². The Labute approximate surface area is 169 Å². The number of anilines is 1. The molecular weight excluding hydrogens is 395 g/mol. The fraction of sp³-hybridized carbons (Fsp3) is 0.143. The van der Waals surface area contributed by atoms with Crippen molar-refractivity contribution in [2.45, 2.75) is 12.7 Å². The van der Waals surface area contributed by atoms with Crippen LogP contribution in [0.1, 0.15) is 11.1 Å². The van der Waals surface area contributed by atoms with E-state index in [9.17, 15) is 18.0 Å². The molecule has 154 valence electrons. The number of hydrogen-bond donors (Lipinski definition) is 3. The van der Waals surface area contributed by atoms with Gasteiger partial charge in [-0.1, -0.05) is 18.2 Å². The first-order chi connectivity index (χ1) is 14.3. The number of amides is 2. The normalized spacial score (nSPS) is 11.6. The van der Waals surface area contributed by atoms with Crippen LogP contribution in [0.4, 0.5) is 23.7 Å². The number of nitrogens with zero attached hydrogens (tertiary/aromatic N) is 2. The average Bonchev–Trinajstić information content (AvgIpc) is 3.34. The molecule has 0 aliphatic rings. The first-order valence-corrected chi connectivity index (χ1v) is 9.12. The summed E-state index contributed by atoms with van der Waals surface area (Å²) >= 11 is 0. The molecule has 2 aromatic carbocycles. The van der Waals surface area contributed by atoms with E-state index in [1.807, 2.05) is 24.4 Å². The van der Waals surface area contributed by atoms with Crippen LogP contribution in [0.15, 0.2) is 61.1 Å². The number of fused-ring (bicyclic) bond motifs is 1. The summed E-state index contributed by atoms with van der Waals surface area (Å²) in [6.45, 7) is 0.355. The number of alkyl halides is 3. The van der Waals surface area contributed by atoms with E-state index in [1.165, 1.54) is 12.1 Å². The molecule has 30 heavy (non-hydrogen) atoms. The van der Waals surface area contributed by atoms with Crippen molar-refractivity contribution >= 4 is 22.6 Å². The van der Waals surface area contributed by atoms with Gasteiger partial charge in [0.05, 0.1) is 24.0 Å². The van der Waals surface area contributed by atoms with E-state index >= 15 is 0 Å². The smallest absolute Gasteiger partial charge is 0.359 e. The number of aromatic nitrogens is 3. The highest BCUT2D eigenvalue weighted by Crippen LogP contribution is 2.30. The summed E-state index contributed by atoms with van der Waals surface area (Å²) in [6, 6.07) is 10.5. The number of H-pyrrole nitrogens is 1. The van der Waals surface area contributed by atoms with Gasteiger partial charge in [-0.15, -0.1) is 0 Å². The molecule has 0 saturated carbocycles. The standard InChI is InChI=1S/C21H18F3N5O/c1-25-20(30)28-19-10-26-18-7-4-14(8-17(18)19)15-9-27-29(12-15)11-13-2-5-16(6-3-13)21(22,23)24/h2-10,12,26H,11H2,1H3,(H2,25,28,30). The van der Waals surface area contributed by atoms with Crippen LogP contribution < -0.4 is 10.6 Å². The summed E-state index contributed by atoms with van der Waals surface area (Å²) in [5.41, 5.74) is 3.34. The van der Waals surface area contributed by atoms with Crippen molar-refractivity contribution in [1.82, 2.24) is 20.1 Å². The molecule has 9 heteroatoms. The van der Waals surface area contributed by atoms with Gasteiger partial charge in [-0.25, -0.2) is 4.79 Å². The topological polar surface area (TPSA) is 74.7 Å². The van der Waals surface area contributed by atoms with Gasteiger partial charge in [-0.2, -0.15) is 18.3 Å². The molecule has 0 saturated heterocycles. The van der Waals surface area contributed by atoms with Crippen molar-refractivity contribution in [2.75, 3.05) is 12.4 Å². The predicted octanol–water partition coefficient (Wildman–Crippen LogP) is 4.85. The zero-order chi connectivity index (χ0) is 21.3. The summed E-state index contributed by atoms with van der Waals surface area (Å²) in [6.07, 6.45) is 0.901. The predicted molar refractivity (Wildman–Crippen MR) is 108 cm³/mol. The minimum Gasteiger partial charge on any atom is -0.359 e. The third-order valence-corrected chi connectivity index (χ3v) is 4.75. The van der Waals surface area contributed by atoms with Gasteiger partial charge >= 0.3 is 12.2 Å². The lowest BCUT2D eigenvalue weighted by atomic mass is 10.1. The van der Waals surface area contributed by atoms with Crippen molar-refractivity contribution < 1.29 is 18.0 Å². The van der Waals surface area contributed by atoms with Gasteiger partial charge in [0, 0.05) is 35.9 Å². The zero-order valence-corrected chi connectivity index (χ0v) is 15.9. The Morgan fingerprint density at radius 3 is 2.60 bits per heavy atom. The Balaban J connectivity index is 1.55. The maximum absolute atomic E-state index is 12.7. The highest BCUT2D eigenvalue weighted by Gasteiger charge is 2.29. The maximum Gasteiger partial charge on any atom is 0.416 e. The Morgan fingerprint density at radius 2 is 1.90 bits per heavy atom. The van der Waals surface area contributed by atoms with Gasteiger partial charge in [0.25, 0.3) is 0 Å². The first kappa shape index (κ1) is 19.6. The molecule has 3 N–H and O–H groups in total. The number of aromatic amines is 1. The van der Waals surface area contributed by atoms with Crippen molar-refractivity contribution in [1.29, 1.82) is 0 Å². The van der Waals surface area contributed by atoms with E-state index in [-0.39, 0.29) is 6.03 Å². The second-order valence-corrected chi connectivity index (χ2v) is 6.79. The van der Waals surface area contributed by atoms with E-state index in [2.05, 4.69) is 20.7 Å². The molecule has 0 radical (unpaired) electrons. The molecule has 4 aromatic rings. The van der Waals surface area contributed by atoms with Gasteiger partial charge in [0.2, 0.25) is 0 Å². The SMILES string of the molecule is CNC(=O)Nc1c[nH]c2ccc(-c3cnn(Cc4ccc(C(F)(F)F)cc4)c3)cc12. The van der Waals surface area contributed by atoms with Crippen molar-refractivity contribution in [3.05, 3.63) is 72.2 Å². The van der Waals surface area contributed by atoms with Crippen LogP contribution in [0.2, 0.25) is 0 Å². The number of halogens is 3. The number of rotatable bonds is 4. The molecule has 0 unspecified atom stereocenters. The number of hydrogen-bond acceptors (Lipinski definition) is 2. The molecule has 0 atom stereocenters. The van der Waals surface area contributed by atoms with Crippen LogP contribution in [0, 0.1) is 0 Å². The monoisotopic (exact) mass is 413 g/mol. The summed E-state index contributed by atoms with van der Waals surface area (Å²) in [4.78, 5) is 14.7. The third kappa shape index (κ3) is 4.00. The second-order valence-electron chi connectivity index (χ2n) is 6.79. The number of benzene rings is 2. The maximum atomic E-state index is 12.7. The highest BCUT2D eigenvalue weighted by molar-refractivity contribution is 6.02.